The van der Waals surface area contributed by atoms with Crippen molar-refractivity contribution in [2.75, 3.05) is 26.8 Å². The molecular weight excluding hydrogens is 216 g/mol. The van der Waals surface area contributed by atoms with Gasteiger partial charge in [0.15, 0.2) is 6.29 Å². The van der Waals surface area contributed by atoms with Gasteiger partial charge >= 0.3 is 0 Å². The lowest BCUT2D eigenvalue weighted by Gasteiger charge is -2.25. The molecule has 0 saturated carbocycles. The zero-order chi connectivity index (χ0) is 11.9. The molecule has 1 aliphatic rings. The first-order chi connectivity index (χ1) is 8.34. The average Bonchev–Trinajstić information content (AvgIpc) is 2.39. The van der Waals surface area contributed by atoms with Crippen molar-refractivity contribution in [2.24, 2.45) is 0 Å². The molecule has 1 aromatic heterocycles. The van der Waals surface area contributed by atoms with E-state index in [1.54, 1.807) is 0 Å². The normalized spacial score (nSPS) is 17.5. The second-order valence-electron chi connectivity index (χ2n) is 4.37. The molecule has 1 saturated heterocycles. The van der Waals surface area contributed by atoms with Crippen molar-refractivity contribution in [2.45, 2.75) is 25.7 Å². The molecule has 2 rings (SSSR count). The lowest BCUT2D eigenvalue weighted by Crippen LogP contribution is -2.30. The maximum atomic E-state index is 5.51. The summed E-state index contributed by atoms with van der Waals surface area (Å²) in [6.07, 6.45) is 3.75. The molecular formula is C13H20N2O2. The summed E-state index contributed by atoms with van der Waals surface area (Å²) in [5.41, 5.74) is 1.10. The summed E-state index contributed by atoms with van der Waals surface area (Å²) in [7, 11) is 2.09. The molecule has 0 aromatic carbocycles. The van der Waals surface area contributed by atoms with Gasteiger partial charge < -0.3 is 14.4 Å². The molecule has 0 atom stereocenters. The lowest BCUT2D eigenvalue weighted by atomic mass is 10.3. The van der Waals surface area contributed by atoms with Gasteiger partial charge in [-0.3, -0.25) is 4.98 Å². The number of hydrogen-bond donors (Lipinski definition) is 0. The number of nitrogens with zero attached hydrogens (tertiary/aromatic N) is 2. The molecule has 1 fully saturated rings. The molecule has 0 spiro atoms. The van der Waals surface area contributed by atoms with Crippen LogP contribution >= 0.6 is 0 Å². The number of rotatable bonds is 5. The predicted octanol–water partition coefficient (Wildman–Crippen LogP) is 1.67. The lowest BCUT2D eigenvalue weighted by molar-refractivity contribution is -0.182. The van der Waals surface area contributed by atoms with Gasteiger partial charge in [0.1, 0.15) is 0 Å². The van der Waals surface area contributed by atoms with Crippen LogP contribution in [0.25, 0.3) is 0 Å². The molecule has 0 N–H and O–H groups in total. The quantitative estimate of drug-likeness (QED) is 0.779. The standard InChI is InChI=1S/C13H20N2O2/c1-15(11-12-5-2-3-7-14-12)8-6-13-16-9-4-10-17-13/h2-3,5,7,13H,4,6,8-11H2,1H3. The van der Waals surface area contributed by atoms with Gasteiger partial charge in [0.05, 0.1) is 18.9 Å². The van der Waals surface area contributed by atoms with E-state index in [0.29, 0.717) is 0 Å². The SMILES string of the molecule is CN(CCC1OCCCO1)Cc1ccccn1. The molecule has 0 bridgehead atoms. The molecule has 1 aliphatic heterocycles. The van der Waals surface area contributed by atoms with E-state index in [1.807, 2.05) is 24.4 Å². The van der Waals surface area contributed by atoms with Crippen LogP contribution < -0.4 is 0 Å². The van der Waals surface area contributed by atoms with E-state index in [4.69, 9.17) is 9.47 Å². The highest BCUT2D eigenvalue weighted by atomic mass is 16.7. The van der Waals surface area contributed by atoms with E-state index in [-0.39, 0.29) is 6.29 Å². The number of aromatic nitrogens is 1. The smallest absolute Gasteiger partial charge is 0.158 e. The van der Waals surface area contributed by atoms with E-state index in [9.17, 15) is 0 Å². The molecule has 17 heavy (non-hydrogen) atoms. The van der Waals surface area contributed by atoms with Crippen LogP contribution in [-0.2, 0) is 16.0 Å². The van der Waals surface area contributed by atoms with Crippen molar-refractivity contribution in [3.05, 3.63) is 30.1 Å². The fraction of sp³-hybridized carbons (Fsp3) is 0.615. The monoisotopic (exact) mass is 236 g/mol. The summed E-state index contributed by atoms with van der Waals surface area (Å²) >= 11 is 0. The van der Waals surface area contributed by atoms with Gasteiger partial charge in [-0.2, -0.15) is 0 Å². The van der Waals surface area contributed by atoms with Gasteiger partial charge in [0.25, 0.3) is 0 Å². The third-order valence-corrected chi connectivity index (χ3v) is 2.80. The fourth-order valence-electron chi connectivity index (χ4n) is 1.88. The third-order valence-electron chi connectivity index (χ3n) is 2.80. The van der Waals surface area contributed by atoms with Crippen molar-refractivity contribution in [3.63, 3.8) is 0 Å². The Morgan fingerprint density at radius 1 is 1.35 bits per heavy atom. The third kappa shape index (κ3) is 4.42. The van der Waals surface area contributed by atoms with Crippen LogP contribution in [-0.4, -0.2) is 43.0 Å². The van der Waals surface area contributed by atoms with Gasteiger partial charge in [0.2, 0.25) is 0 Å². The van der Waals surface area contributed by atoms with Gasteiger partial charge in [-0.15, -0.1) is 0 Å². The first kappa shape index (κ1) is 12.5. The maximum Gasteiger partial charge on any atom is 0.158 e. The Hall–Kier alpha value is -0.970. The topological polar surface area (TPSA) is 34.6 Å². The van der Waals surface area contributed by atoms with Gasteiger partial charge in [-0.1, -0.05) is 6.07 Å². The van der Waals surface area contributed by atoms with Crippen LogP contribution in [0.2, 0.25) is 0 Å². The Bertz CT molecular complexity index is 312. The largest absolute Gasteiger partial charge is 0.353 e. The van der Waals surface area contributed by atoms with Gasteiger partial charge in [-0.25, -0.2) is 0 Å². The Balaban J connectivity index is 1.68. The van der Waals surface area contributed by atoms with Crippen LogP contribution in [0, 0.1) is 0 Å². The first-order valence-corrected chi connectivity index (χ1v) is 6.16. The Kier molecular flexibility index (Phi) is 4.91. The van der Waals surface area contributed by atoms with E-state index < -0.39 is 0 Å². The second-order valence-corrected chi connectivity index (χ2v) is 4.37. The van der Waals surface area contributed by atoms with Crippen LogP contribution in [0.1, 0.15) is 18.5 Å². The van der Waals surface area contributed by atoms with E-state index in [1.165, 1.54) is 0 Å². The Labute approximate surface area is 103 Å². The van der Waals surface area contributed by atoms with Crippen molar-refractivity contribution < 1.29 is 9.47 Å². The molecule has 0 amide bonds. The van der Waals surface area contributed by atoms with Crippen LogP contribution in [0.3, 0.4) is 0 Å². The summed E-state index contributed by atoms with van der Waals surface area (Å²) in [6, 6.07) is 6.00. The highest BCUT2D eigenvalue weighted by Gasteiger charge is 2.14. The predicted molar refractivity (Wildman–Crippen MR) is 65.5 cm³/mol. The van der Waals surface area contributed by atoms with Crippen LogP contribution in [0.15, 0.2) is 24.4 Å². The number of hydrogen-bond acceptors (Lipinski definition) is 4. The molecule has 4 nitrogen and oxygen atoms in total. The molecule has 1 aromatic rings. The number of pyridine rings is 1. The zero-order valence-electron chi connectivity index (χ0n) is 10.3. The number of ether oxygens (including phenoxy) is 2. The molecule has 94 valence electrons. The van der Waals surface area contributed by atoms with E-state index in [2.05, 4.69) is 16.9 Å². The molecule has 0 radical (unpaired) electrons. The molecule has 0 unspecified atom stereocenters. The molecule has 0 aliphatic carbocycles. The highest BCUT2D eigenvalue weighted by molar-refractivity contribution is 5.02. The molecule has 4 heteroatoms. The summed E-state index contributed by atoms with van der Waals surface area (Å²) in [6.45, 7) is 3.48. The van der Waals surface area contributed by atoms with Crippen LogP contribution in [0.5, 0.6) is 0 Å². The average molecular weight is 236 g/mol. The second kappa shape index (κ2) is 6.69. The van der Waals surface area contributed by atoms with Crippen molar-refractivity contribution in [3.8, 4) is 0 Å². The summed E-state index contributed by atoms with van der Waals surface area (Å²) < 4.78 is 11.0. The van der Waals surface area contributed by atoms with Crippen molar-refractivity contribution in [1.82, 2.24) is 9.88 Å². The minimum atomic E-state index is -0.0186. The van der Waals surface area contributed by atoms with Crippen molar-refractivity contribution >= 4 is 0 Å². The zero-order valence-corrected chi connectivity index (χ0v) is 10.3. The van der Waals surface area contributed by atoms with Gasteiger partial charge in [0, 0.05) is 25.7 Å². The first-order valence-electron chi connectivity index (χ1n) is 6.16. The minimum absolute atomic E-state index is 0.0186. The summed E-state index contributed by atoms with van der Waals surface area (Å²) in [4.78, 5) is 6.55. The van der Waals surface area contributed by atoms with Gasteiger partial charge in [-0.05, 0) is 25.6 Å². The van der Waals surface area contributed by atoms with E-state index >= 15 is 0 Å². The summed E-state index contributed by atoms with van der Waals surface area (Å²) in [5.74, 6) is 0. The fourth-order valence-corrected chi connectivity index (χ4v) is 1.88. The Morgan fingerprint density at radius 2 is 2.18 bits per heavy atom. The van der Waals surface area contributed by atoms with Crippen molar-refractivity contribution in [1.29, 1.82) is 0 Å². The Morgan fingerprint density at radius 3 is 2.88 bits per heavy atom. The maximum absolute atomic E-state index is 5.51. The van der Waals surface area contributed by atoms with E-state index in [0.717, 1.165) is 44.8 Å². The summed E-state index contributed by atoms with van der Waals surface area (Å²) in [5, 5.41) is 0. The highest BCUT2D eigenvalue weighted by Crippen LogP contribution is 2.09. The minimum Gasteiger partial charge on any atom is -0.353 e. The van der Waals surface area contributed by atoms with Crippen LogP contribution in [0.4, 0.5) is 0 Å². The molecule has 2 heterocycles.